The molecule has 1 N–H and O–H groups in total. The largest absolute Gasteiger partial charge is 0.493 e. The molecule has 0 radical (unpaired) electrons. The van der Waals surface area contributed by atoms with Gasteiger partial charge in [-0.1, -0.05) is 30.3 Å². The molecular weight excluding hydrogens is 452 g/mol. The lowest BCUT2D eigenvalue weighted by molar-refractivity contribution is -0.116. The van der Waals surface area contributed by atoms with Gasteiger partial charge in [0.2, 0.25) is 15.9 Å². The molecule has 0 aliphatic carbocycles. The summed E-state index contributed by atoms with van der Waals surface area (Å²) in [6.45, 7) is 0.332. The van der Waals surface area contributed by atoms with Crippen LogP contribution in [0.4, 0.5) is 5.69 Å². The van der Waals surface area contributed by atoms with E-state index in [9.17, 15) is 13.2 Å². The van der Waals surface area contributed by atoms with E-state index in [4.69, 9.17) is 9.47 Å². The van der Waals surface area contributed by atoms with Crippen molar-refractivity contribution in [2.24, 2.45) is 0 Å². The van der Waals surface area contributed by atoms with Crippen molar-refractivity contribution in [3.05, 3.63) is 82.9 Å². The van der Waals surface area contributed by atoms with Gasteiger partial charge in [-0.2, -0.15) is 4.31 Å². The second-order valence-electron chi connectivity index (χ2n) is 8.45. The number of carbonyl (C=O) groups excluding carboxylic acids is 1. The molecule has 1 amide bonds. The number of nitrogens with zero attached hydrogens (tertiary/aromatic N) is 1. The van der Waals surface area contributed by atoms with Gasteiger partial charge in [0.25, 0.3) is 0 Å². The smallest absolute Gasteiger partial charge is 0.243 e. The van der Waals surface area contributed by atoms with Gasteiger partial charge in [-0.25, -0.2) is 8.42 Å². The Morgan fingerprint density at radius 3 is 2.35 bits per heavy atom. The zero-order valence-corrected chi connectivity index (χ0v) is 19.9. The molecular formula is C26H26N2O5S. The van der Waals surface area contributed by atoms with Crippen molar-refractivity contribution in [2.75, 3.05) is 26.1 Å². The minimum absolute atomic E-state index is 0.0516. The number of rotatable bonds is 5. The second-order valence-corrected chi connectivity index (χ2v) is 10.3. The highest BCUT2D eigenvalue weighted by molar-refractivity contribution is 7.89. The van der Waals surface area contributed by atoms with Crippen LogP contribution in [0.2, 0.25) is 0 Å². The zero-order valence-electron chi connectivity index (χ0n) is 19.1. The van der Waals surface area contributed by atoms with Crippen molar-refractivity contribution in [3.8, 4) is 11.5 Å². The molecule has 0 saturated heterocycles. The molecule has 176 valence electrons. The van der Waals surface area contributed by atoms with E-state index >= 15 is 0 Å². The molecule has 8 heteroatoms. The summed E-state index contributed by atoms with van der Waals surface area (Å²) in [5.41, 5.74) is 4.30. The summed E-state index contributed by atoms with van der Waals surface area (Å²) in [6, 6.07) is 17.9. The van der Waals surface area contributed by atoms with Crippen LogP contribution >= 0.6 is 0 Å². The number of ether oxygens (including phenoxy) is 2. The minimum Gasteiger partial charge on any atom is -0.493 e. The number of anilines is 1. The SMILES string of the molecule is COc1cc2c(cc1OC)[C@@H](c1ccccc1)N(S(=O)(=O)c1ccc3c(c1)CCC(=O)N3)CC2. The fraction of sp³-hybridized carbons (Fsp3) is 0.269. The van der Waals surface area contributed by atoms with Gasteiger partial charge in [0.15, 0.2) is 11.5 Å². The van der Waals surface area contributed by atoms with Crippen LogP contribution in [0.5, 0.6) is 11.5 Å². The number of methoxy groups -OCH3 is 2. The van der Waals surface area contributed by atoms with Crippen LogP contribution in [0, 0.1) is 0 Å². The Hall–Kier alpha value is -3.36. The first-order valence-corrected chi connectivity index (χ1v) is 12.6. The fourth-order valence-corrected chi connectivity index (χ4v) is 6.46. The summed E-state index contributed by atoms with van der Waals surface area (Å²) in [5.74, 6) is 1.14. The average molecular weight is 479 g/mol. The number of nitrogens with one attached hydrogen (secondary N) is 1. The van der Waals surface area contributed by atoms with E-state index in [-0.39, 0.29) is 10.8 Å². The number of fused-ring (bicyclic) bond motifs is 2. The van der Waals surface area contributed by atoms with Gasteiger partial charge in [0.1, 0.15) is 0 Å². The summed E-state index contributed by atoms with van der Waals surface area (Å²) in [6.07, 6.45) is 1.42. The summed E-state index contributed by atoms with van der Waals surface area (Å²) in [4.78, 5) is 11.9. The molecule has 0 saturated carbocycles. The normalized spacial score (nSPS) is 17.9. The number of amides is 1. The number of sulfonamides is 1. The van der Waals surface area contributed by atoms with E-state index in [1.54, 1.807) is 36.7 Å². The van der Waals surface area contributed by atoms with Crippen molar-refractivity contribution in [1.29, 1.82) is 0 Å². The van der Waals surface area contributed by atoms with Crippen molar-refractivity contribution >= 4 is 21.6 Å². The Labute approximate surface area is 199 Å². The maximum atomic E-state index is 14.0. The Morgan fingerprint density at radius 1 is 0.882 bits per heavy atom. The van der Waals surface area contributed by atoms with E-state index in [2.05, 4.69) is 5.32 Å². The molecule has 3 aromatic carbocycles. The molecule has 0 fully saturated rings. The third-order valence-corrected chi connectivity index (χ3v) is 8.38. The summed E-state index contributed by atoms with van der Waals surface area (Å²) in [7, 11) is -0.667. The van der Waals surface area contributed by atoms with Crippen LogP contribution in [0.1, 0.15) is 34.7 Å². The lowest BCUT2D eigenvalue weighted by Gasteiger charge is -2.37. The lowest BCUT2D eigenvalue weighted by Crippen LogP contribution is -2.40. The van der Waals surface area contributed by atoms with Crippen molar-refractivity contribution in [1.82, 2.24) is 4.31 Å². The Bertz CT molecular complexity index is 1360. The highest BCUT2D eigenvalue weighted by Gasteiger charge is 2.38. The van der Waals surface area contributed by atoms with Gasteiger partial charge in [-0.15, -0.1) is 0 Å². The first-order valence-electron chi connectivity index (χ1n) is 11.2. The van der Waals surface area contributed by atoms with E-state index in [0.29, 0.717) is 43.0 Å². The standard InChI is InChI=1S/C26H26N2O5S/c1-32-23-15-18-12-13-28(26(17-6-4-3-5-7-17)21(18)16-24(23)33-2)34(30,31)20-9-10-22-19(14-20)8-11-25(29)27-22/h3-7,9-10,14-16,26H,8,11-13H2,1-2H3,(H,27,29)/t26-/m1/s1. The third-order valence-electron chi connectivity index (χ3n) is 6.52. The number of hydrogen-bond acceptors (Lipinski definition) is 5. The van der Waals surface area contributed by atoms with Gasteiger partial charge >= 0.3 is 0 Å². The van der Waals surface area contributed by atoms with Gasteiger partial charge < -0.3 is 14.8 Å². The van der Waals surface area contributed by atoms with Crippen LogP contribution < -0.4 is 14.8 Å². The van der Waals surface area contributed by atoms with Gasteiger partial charge in [0.05, 0.1) is 25.2 Å². The monoisotopic (exact) mass is 478 g/mol. The Morgan fingerprint density at radius 2 is 1.62 bits per heavy atom. The fourth-order valence-electron chi connectivity index (χ4n) is 4.82. The molecule has 2 aliphatic rings. The van der Waals surface area contributed by atoms with Crippen LogP contribution in [0.15, 0.2) is 65.6 Å². The number of aryl methyl sites for hydroxylation is 1. The maximum Gasteiger partial charge on any atom is 0.243 e. The summed E-state index contributed by atoms with van der Waals surface area (Å²) < 4.78 is 40.6. The molecule has 0 unspecified atom stereocenters. The van der Waals surface area contributed by atoms with E-state index in [1.165, 1.54) is 0 Å². The van der Waals surface area contributed by atoms with Crippen molar-refractivity contribution in [2.45, 2.75) is 30.2 Å². The molecule has 5 rings (SSSR count). The van der Waals surface area contributed by atoms with Gasteiger partial charge in [0, 0.05) is 18.7 Å². The summed E-state index contributed by atoms with van der Waals surface area (Å²) in [5, 5.41) is 2.82. The summed E-state index contributed by atoms with van der Waals surface area (Å²) >= 11 is 0. The molecule has 2 aliphatic heterocycles. The Balaban J connectivity index is 1.63. The van der Waals surface area contributed by atoms with Crippen LogP contribution in [0.25, 0.3) is 0 Å². The highest BCUT2D eigenvalue weighted by atomic mass is 32.2. The average Bonchev–Trinajstić information content (AvgIpc) is 2.87. The van der Waals surface area contributed by atoms with Crippen LogP contribution in [0.3, 0.4) is 0 Å². The molecule has 3 aromatic rings. The van der Waals surface area contributed by atoms with Crippen molar-refractivity contribution < 1.29 is 22.7 Å². The lowest BCUT2D eigenvalue weighted by atomic mass is 9.89. The molecule has 1 atom stereocenters. The van der Waals surface area contributed by atoms with E-state index < -0.39 is 16.1 Å². The number of benzene rings is 3. The zero-order chi connectivity index (χ0) is 23.9. The van der Waals surface area contributed by atoms with Crippen molar-refractivity contribution in [3.63, 3.8) is 0 Å². The minimum atomic E-state index is -3.84. The number of hydrogen-bond donors (Lipinski definition) is 1. The van der Waals surface area contributed by atoms with Crippen LogP contribution in [-0.2, 0) is 27.7 Å². The predicted molar refractivity (Wildman–Crippen MR) is 129 cm³/mol. The predicted octanol–water partition coefficient (Wildman–Crippen LogP) is 3.92. The third kappa shape index (κ3) is 3.82. The van der Waals surface area contributed by atoms with Crippen LogP contribution in [-0.4, -0.2) is 39.4 Å². The number of carbonyl (C=O) groups is 1. The Kier molecular flexibility index (Phi) is 5.79. The topological polar surface area (TPSA) is 84.9 Å². The molecule has 0 spiro atoms. The quantitative estimate of drug-likeness (QED) is 0.601. The molecule has 34 heavy (non-hydrogen) atoms. The highest BCUT2D eigenvalue weighted by Crippen LogP contribution is 2.43. The first kappa shape index (κ1) is 22.4. The second kappa shape index (κ2) is 8.77. The van der Waals surface area contributed by atoms with Gasteiger partial charge in [-0.05, 0) is 65.4 Å². The maximum absolute atomic E-state index is 14.0. The van der Waals surface area contributed by atoms with E-state index in [0.717, 1.165) is 22.3 Å². The van der Waals surface area contributed by atoms with E-state index in [1.807, 2.05) is 42.5 Å². The van der Waals surface area contributed by atoms with Gasteiger partial charge in [-0.3, -0.25) is 4.79 Å². The molecule has 0 bridgehead atoms. The molecule has 0 aromatic heterocycles. The molecule has 7 nitrogen and oxygen atoms in total. The molecule has 2 heterocycles. The first-order chi connectivity index (χ1) is 16.4.